The summed E-state index contributed by atoms with van der Waals surface area (Å²) >= 11 is 0. The van der Waals surface area contributed by atoms with E-state index in [-0.39, 0.29) is 0 Å². The summed E-state index contributed by atoms with van der Waals surface area (Å²) in [6.07, 6.45) is -1.94. The third-order valence-electron chi connectivity index (χ3n) is 3.85. The topological polar surface area (TPSA) is 67.3 Å². The van der Waals surface area contributed by atoms with E-state index in [0.29, 0.717) is 31.3 Å². The molecule has 5 nitrogen and oxygen atoms in total. The molecule has 1 aliphatic rings. The first-order valence-electron chi connectivity index (χ1n) is 7.06. The number of halogens is 3. The number of hydrogen-bond donors (Lipinski definition) is 0. The standard InChI is InChI=1S/C14H17F3N2O3S/c1-9-3-5-19(6-4-9)13(20)12-11(23(2,21)22)7-10(8-18-12)14(15,16)17/h7-9H,3-6H2,1-2H3. The fourth-order valence-electron chi connectivity index (χ4n) is 2.40. The number of alkyl halides is 3. The van der Waals surface area contributed by atoms with Crippen LogP contribution in [0.2, 0.25) is 0 Å². The summed E-state index contributed by atoms with van der Waals surface area (Å²) in [4.78, 5) is 16.7. The molecule has 0 unspecified atom stereocenters. The van der Waals surface area contributed by atoms with Gasteiger partial charge in [0.2, 0.25) is 0 Å². The normalized spacial score (nSPS) is 17.3. The lowest BCUT2D eigenvalue weighted by molar-refractivity contribution is -0.138. The Labute approximate surface area is 132 Å². The molecule has 1 fully saturated rings. The van der Waals surface area contributed by atoms with Crippen molar-refractivity contribution in [3.63, 3.8) is 0 Å². The van der Waals surface area contributed by atoms with Crippen LogP contribution in [0, 0.1) is 5.92 Å². The van der Waals surface area contributed by atoms with Crippen molar-refractivity contribution in [1.29, 1.82) is 0 Å². The highest BCUT2D eigenvalue weighted by Crippen LogP contribution is 2.31. The van der Waals surface area contributed by atoms with Crippen LogP contribution in [0.15, 0.2) is 17.2 Å². The van der Waals surface area contributed by atoms with E-state index in [2.05, 4.69) is 4.98 Å². The van der Waals surface area contributed by atoms with Crippen molar-refractivity contribution in [3.05, 3.63) is 23.5 Å². The Balaban J connectivity index is 2.44. The third kappa shape index (κ3) is 4.01. The maximum Gasteiger partial charge on any atom is 0.417 e. The highest BCUT2D eigenvalue weighted by molar-refractivity contribution is 7.90. The Morgan fingerprint density at radius 1 is 1.30 bits per heavy atom. The molecule has 0 spiro atoms. The van der Waals surface area contributed by atoms with Crippen molar-refractivity contribution in [1.82, 2.24) is 9.88 Å². The van der Waals surface area contributed by atoms with Gasteiger partial charge in [0.15, 0.2) is 9.84 Å². The SMILES string of the molecule is CC1CCN(C(=O)c2ncc(C(F)(F)F)cc2S(C)(=O)=O)CC1. The highest BCUT2D eigenvalue weighted by Gasteiger charge is 2.35. The second-order valence-corrected chi connectivity index (χ2v) is 7.80. The number of amides is 1. The van der Waals surface area contributed by atoms with E-state index >= 15 is 0 Å². The number of carbonyl (C=O) groups excluding carboxylic acids is 1. The van der Waals surface area contributed by atoms with E-state index in [4.69, 9.17) is 0 Å². The van der Waals surface area contributed by atoms with Crippen LogP contribution >= 0.6 is 0 Å². The maximum absolute atomic E-state index is 12.8. The number of nitrogens with zero attached hydrogens (tertiary/aromatic N) is 2. The first-order valence-corrected chi connectivity index (χ1v) is 8.96. The molecule has 1 aromatic rings. The van der Waals surface area contributed by atoms with Gasteiger partial charge in [-0.15, -0.1) is 0 Å². The summed E-state index contributed by atoms with van der Waals surface area (Å²) in [5, 5.41) is 0. The molecule has 1 aromatic heterocycles. The highest BCUT2D eigenvalue weighted by atomic mass is 32.2. The zero-order valence-electron chi connectivity index (χ0n) is 12.7. The van der Waals surface area contributed by atoms with Crippen LogP contribution < -0.4 is 0 Å². The van der Waals surface area contributed by atoms with Gasteiger partial charge in [0.1, 0.15) is 5.69 Å². The summed E-state index contributed by atoms with van der Waals surface area (Å²) in [6, 6.07) is 0.474. The van der Waals surface area contributed by atoms with Crippen LogP contribution in [0.3, 0.4) is 0 Å². The van der Waals surface area contributed by atoms with Gasteiger partial charge >= 0.3 is 6.18 Å². The summed E-state index contributed by atoms with van der Waals surface area (Å²) in [7, 11) is -4.02. The Bertz CT molecular complexity index is 708. The van der Waals surface area contributed by atoms with E-state index < -0.39 is 38.1 Å². The molecule has 128 valence electrons. The van der Waals surface area contributed by atoms with Crippen LogP contribution in [0.4, 0.5) is 13.2 Å². The number of likely N-dealkylation sites (tertiary alicyclic amines) is 1. The number of carbonyl (C=O) groups is 1. The van der Waals surface area contributed by atoms with Crippen LogP contribution in [-0.2, 0) is 16.0 Å². The number of sulfone groups is 1. The minimum absolute atomic E-state index is 0.436. The van der Waals surface area contributed by atoms with Gasteiger partial charge in [0.25, 0.3) is 5.91 Å². The van der Waals surface area contributed by atoms with Gasteiger partial charge < -0.3 is 4.90 Å². The van der Waals surface area contributed by atoms with Crippen LogP contribution in [0.25, 0.3) is 0 Å². The summed E-state index contributed by atoms with van der Waals surface area (Å²) in [5.74, 6) is -0.194. The molecular formula is C14H17F3N2O3S. The number of aromatic nitrogens is 1. The van der Waals surface area contributed by atoms with Crippen molar-refractivity contribution in [2.75, 3.05) is 19.3 Å². The molecule has 0 aliphatic carbocycles. The van der Waals surface area contributed by atoms with E-state index in [0.717, 1.165) is 19.1 Å². The van der Waals surface area contributed by atoms with Gasteiger partial charge in [-0.2, -0.15) is 13.2 Å². The largest absolute Gasteiger partial charge is 0.417 e. The molecule has 9 heteroatoms. The van der Waals surface area contributed by atoms with Gasteiger partial charge in [0.05, 0.1) is 10.5 Å². The number of hydrogen-bond acceptors (Lipinski definition) is 4. The van der Waals surface area contributed by atoms with Gasteiger partial charge in [0, 0.05) is 25.5 Å². The maximum atomic E-state index is 12.8. The van der Waals surface area contributed by atoms with Crippen LogP contribution in [0.1, 0.15) is 35.8 Å². The van der Waals surface area contributed by atoms with Crippen molar-refractivity contribution in [3.8, 4) is 0 Å². The van der Waals surface area contributed by atoms with Gasteiger partial charge in [-0.25, -0.2) is 13.4 Å². The van der Waals surface area contributed by atoms with E-state index in [9.17, 15) is 26.4 Å². The Hall–Kier alpha value is -1.64. The first kappa shape index (κ1) is 17.7. The molecule has 0 radical (unpaired) electrons. The molecule has 1 amide bonds. The Morgan fingerprint density at radius 2 is 1.87 bits per heavy atom. The smallest absolute Gasteiger partial charge is 0.337 e. The van der Waals surface area contributed by atoms with E-state index in [1.54, 1.807) is 0 Å². The zero-order valence-corrected chi connectivity index (χ0v) is 13.5. The third-order valence-corrected chi connectivity index (χ3v) is 4.96. The molecule has 2 rings (SSSR count). The molecule has 0 N–H and O–H groups in total. The minimum Gasteiger partial charge on any atom is -0.337 e. The van der Waals surface area contributed by atoms with Gasteiger partial charge in [-0.3, -0.25) is 4.79 Å². The van der Waals surface area contributed by atoms with Crippen LogP contribution in [-0.4, -0.2) is 43.6 Å². The second kappa shape index (κ2) is 6.10. The molecular weight excluding hydrogens is 333 g/mol. The lowest BCUT2D eigenvalue weighted by Gasteiger charge is -2.30. The first-order chi connectivity index (χ1) is 10.5. The summed E-state index contributed by atoms with van der Waals surface area (Å²) < 4.78 is 61.9. The zero-order chi connectivity index (χ0) is 17.4. The molecule has 23 heavy (non-hydrogen) atoms. The van der Waals surface area contributed by atoms with E-state index in [1.165, 1.54) is 4.90 Å². The molecule has 1 saturated heterocycles. The van der Waals surface area contributed by atoms with E-state index in [1.807, 2.05) is 6.92 Å². The lowest BCUT2D eigenvalue weighted by atomic mass is 9.99. The van der Waals surface area contributed by atoms with Crippen molar-refractivity contribution >= 4 is 15.7 Å². The average molecular weight is 350 g/mol. The quantitative estimate of drug-likeness (QED) is 0.821. The fraction of sp³-hybridized carbons (Fsp3) is 0.571. The van der Waals surface area contributed by atoms with Gasteiger partial charge in [-0.1, -0.05) is 6.92 Å². The summed E-state index contributed by atoms with van der Waals surface area (Å²) in [6.45, 7) is 2.91. The number of pyridine rings is 1. The predicted molar refractivity (Wildman–Crippen MR) is 76.7 cm³/mol. The van der Waals surface area contributed by atoms with Crippen molar-refractivity contribution < 1.29 is 26.4 Å². The second-order valence-electron chi connectivity index (χ2n) is 5.82. The van der Waals surface area contributed by atoms with Crippen molar-refractivity contribution in [2.45, 2.75) is 30.8 Å². The van der Waals surface area contributed by atoms with Crippen LogP contribution in [0.5, 0.6) is 0 Å². The predicted octanol–water partition coefficient (Wildman–Crippen LogP) is 2.38. The Morgan fingerprint density at radius 3 is 2.35 bits per heavy atom. The summed E-state index contributed by atoms with van der Waals surface area (Å²) in [5.41, 5.74) is -1.64. The molecule has 0 atom stereocenters. The minimum atomic E-state index is -4.73. The molecule has 0 saturated carbocycles. The number of piperidine rings is 1. The van der Waals surface area contributed by atoms with Gasteiger partial charge in [-0.05, 0) is 24.8 Å². The molecule has 0 aromatic carbocycles. The Kier molecular flexibility index (Phi) is 4.70. The molecule has 2 heterocycles. The molecule has 0 bridgehead atoms. The average Bonchev–Trinajstić information content (AvgIpc) is 2.45. The van der Waals surface area contributed by atoms with Crippen molar-refractivity contribution in [2.24, 2.45) is 5.92 Å². The lowest BCUT2D eigenvalue weighted by Crippen LogP contribution is -2.39. The molecule has 1 aliphatic heterocycles. The fourth-order valence-corrected chi connectivity index (χ4v) is 3.24. The number of rotatable bonds is 2. The monoisotopic (exact) mass is 350 g/mol.